The standard InChI is InChI=1S/C15H19N3O3/c1-10(8-9-16)12(14(17)19)18-15(20)13(21-2)11-6-4-3-5-7-11/h3-7,10,12-13H,8H2,1-2H3,(H2,17,19)(H,18,20)/t10-,12-,13-/m0/s1. The summed E-state index contributed by atoms with van der Waals surface area (Å²) >= 11 is 0. The Balaban J connectivity index is 2.85. The second-order valence-corrected chi connectivity index (χ2v) is 4.75. The number of nitrogens with zero attached hydrogens (tertiary/aromatic N) is 1. The molecule has 2 amide bonds. The highest BCUT2D eigenvalue weighted by Gasteiger charge is 2.28. The summed E-state index contributed by atoms with van der Waals surface area (Å²) in [5.41, 5.74) is 5.97. The predicted molar refractivity (Wildman–Crippen MR) is 76.7 cm³/mol. The zero-order valence-corrected chi connectivity index (χ0v) is 12.1. The second kappa shape index (κ2) is 8.02. The molecule has 0 spiro atoms. The summed E-state index contributed by atoms with van der Waals surface area (Å²) in [6, 6.07) is 9.98. The highest BCUT2D eigenvalue weighted by molar-refractivity contribution is 5.89. The van der Waals surface area contributed by atoms with Crippen LogP contribution in [0.2, 0.25) is 0 Å². The van der Waals surface area contributed by atoms with E-state index in [1.54, 1.807) is 31.2 Å². The molecule has 0 saturated heterocycles. The normalized spacial score (nSPS) is 14.5. The Labute approximate surface area is 123 Å². The summed E-state index contributed by atoms with van der Waals surface area (Å²) in [6.45, 7) is 1.68. The Bertz CT molecular complexity index is 525. The molecule has 0 bridgehead atoms. The average molecular weight is 289 g/mol. The molecule has 0 saturated carbocycles. The lowest BCUT2D eigenvalue weighted by Crippen LogP contribution is -2.49. The molecule has 6 heteroatoms. The first-order valence-electron chi connectivity index (χ1n) is 6.55. The molecule has 0 aliphatic heterocycles. The van der Waals surface area contributed by atoms with E-state index in [2.05, 4.69) is 5.32 Å². The quantitative estimate of drug-likeness (QED) is 0.777. The number of carbonyl (C=O) groups excluding carboxylic acids is 2. The van der Waals surface area contributed by atoms with Gasteiger partial charge >= 0.3 is 0 Å². The molecule has 6 nitrogen and oxygen atoms in total. The van der Waals surface area contributed by atoms with E-state index in [0.717, 1.165) is 0 Å². The number of ether oxygens (including phenoxy) is 1. The fourth-order valence-electron chi connectivity index (χ4n) is 2.01. The predicted octanol–water partition coefficient (Wildman–Crippen LogP) is 0.894. The van der Waals surface area contributed by atoms with E-state index in [9.17, 15) is 9.59 Å². The number of hydrogen-bond acceptors (Lipinski definition) is 4. The van der Waals surface area contributed by atoms with Gasteiger partial charge < -0.3 is 15.8 Å². The number of amides is 2. The van der Waals surface area contributed by atoms with E-state index < -0.39 is 24.0 Å². The van der Waals surface area contributed by atoms with Crippen molar-refractivity contribution in [1.82, 2.24) is 5.32 Å². The van der Waals surface area contributed by atoms with Crippen LogP contribution in [0.1, 0.15) is 25.0 Å². The first-order chi connectivity index (χ1) is 10.0. The molecule has 1 aromatic rings. The summed E-state index contributed by atoms with van der Waals surface area (Å²) in [5, 5.41) is 11.3. The largest absolute Gasteiger partial charge is 0.368 e. The molecule has 1 rings (SSSR count). The lowest BCUT2D eigenvalue weighted by atomic mass is 9.97. The number of rotatable bonds is 7. The Morgan fingerprint density at radius 1 is 1.38 bits per heavy atom. The van der Waals surface area contributed by atoms with Gasteiger partial charge in [-0.1, -0.05) is 37.3 Å². The first-order valence-corrected chi connectivity index (χ1v) is 6.55. The SMILES string of the molecule is CO[C@H](C(=O)N[C@H](C(N)=O)[C@@H](C)CC#N)c1ccccc1. The van der Waals surface area contributed by atoms with Gasteiger partial charge in [-0.05, 0) is 11.5 Å². The van der Waals surface area contributed by atoms with Crippen molar-refractivity contribution in [3.8, 4) is 6.07 Å². The van der Waals surface area contributed by atoms with Crippen LogP contribution in [0.25, 0.3) is 0 Å². The molecule has 3 atom stereocenters. The zero-order valence-electron chi connectivity index (χ0n) is 12.1. The van der Waals surface area contributed by atoms with Gasteiger partial charge in [0, 0.05) is 13.5 Å². The van der Waals surface area contributed by atoms with Gasteiger partial charge in [-0.15, -0.1) is 0 Å². The molecule has 0 heterocycles. The van der Waals surface area contributed by atoms with E-state index in [-0.39, 0.29) is 12.3 Å². The molecule has 3 N–H and O–H groups in total. The molecule has 0 fully saturated rings. The number of nitrogens with two attached hydrogens (primary N) is 1. The second-order valence-electron chi connectivity index (χ2n) is 4.75. The van der Waals surface area contributed by atoms with Gasteiger partial charge in [0.25, 0.3) is 5.91 Å². The number of benzene rings is 1. The van der Waals surface area contributed by atoms with Crippen molar-refractivity contribution in [2.45, 2.75) is 25.5 Å². The Hall–Kier alpha value is -2.39. The third-order valence-corrected chi connectivity index (χ3v) is 3.16. The Morgan fingerprint density at radius 3 is 2.48 bits per heavy atom. The van der Waals surface area contributed by atoms with Crippen molar-refractivity contribution in [3.05, 3.63) is 35.9 Å². The number of nitriles is 1. The molecule has 1 aromatic carbocycles. The minimum absolute atomic E-state index is 0.122. The minimum Gasteiger partial charge on any atom is -0.368 e. The fourth-order valence-corrected chi connectivity index (χ4v) is 2.01. The van der Waals surface area contributed by atoms with Crippen LogP contribution in [-0.4, -0.2) is 25.0 Å². The maximum Gasteiger partial charge on any atom is 0.254 e. The third kappa shape index (κ3) is 4.58. The molecule has 0 aromatic heterocycles. The number of nitrogens with one attached hydrogen (secondary N) is 1. The molecule has 0 aliphatic rings. The van der Waals surface area contributed by atoms with Crippen LogP contribution in [0.3, 0.4) is 0 Å². The van der Waals surface area contributed by atoms with Crippen LogP contribution in [0, 0.1) is 17.2 Å². The Kier molecular flexibility index (Phi) is 6.37. The van der Waals surface area contributed by atoms with Crippen LogP contribution in [0.4, 0.5) is 0 Å². The van der Waals surface area contributed by atoms with Gasteiger partial charge in [-0.3, -0.25) is 9.59 Å². The van der Waals surface area contributed by atoms with Crippen LogP contribution in [0.15, 0.2) is 30.3 Å². The Morgan fingerprint density at radius 2 is 2.00 bits per heavy atom. The van der Waals surface area contributed by atoms with Gasteiger partial charge in [0.1, 0.15) is 6.04 Å². The van der Waals surface area contributed by atoms with E-state index >= 15 is 0 Å². The van der Waals surface area contributed by atoms with E-state index in [4.69, 9.17) is 15.7 Å². The summed E-state index contributed by atoms with van der Waals surface area (Å²) in [4.78, 5) is 23.7. The van der Waals surface area contributed by atoms with Crippen LogP contribution in [0.5, 0.6) is 0 Å². The lowest BCUT2D eigenvalue weighted by molar-refractivity contribution is -0.135. The highest BCUT2D eigenvalue weighted by atomic mass is 16.5. The van der Waals surface area contributed by atoms with E-state index in [0.29, 0.717) is 5.56 Å². The molecule has 112 valence electrons. The topological polar surface area (TPSA) is 105 Å². The van der Waals surface area contributed by atoms with E-state index in [1.165, 1.54) is 7.11 Å². The van der Waals surface area contributed by atoms with Gasteiger partial charge in [-0.25, -0.2) is 0 Å². The van der Waals surface area contributed by atoms with Gasteiger partial charge in [0.2, 0.25) is 5.91 Å². The highest BCUT2D eigenvalue weighted by Crippen LogP contribution is 2.17. The molecule has 21 heavy (non-hydrogen) atoms. The average Bonchev–Trinajstić information content (AvgIpc) is 2.46. The van der Waals surface area contributed by atoms with Crippen LogP contribution in [-0.2, 0) is 14.3 Å². The monoisotopic (exact) mass is 289 g/mol. The maximum absolute atomic E-state index is 12.3. The van der Waals surface area contributed by atoms with Gasteiger partial charge in [0.15, 0.2) is 6.10 Å². The fraction of sp³-hybridized carbons (Fsp3) is 0.400. The lowest BCUT2D eigenvalue weighted by Gasteiger charge is -2.23. The molecule has 0 aliphatic carbocycles. The molecular formula is C15H19N3O3. The van der Waals surface area contributed by atoms with Gasteiger partial charge in [0.05, 0.1) is 6.07 Å². The summed E-state index contributed by atoms with van der Waals surface area (Å²) in [5.74, 6) is -1.50. The van der Waals surface area contributed by atoms with Gasteiger partial charge in [-0.2, -0.15) is 5.26 Å². The number of hydrogen-bond donors (Lipinski definition) is 2. The van der Waals surface area contributed by atoms with E-state index in [1.807, 2.05) is 12.1 Å². The van der Waals surface area contributed by atoms with Crippen molar-refractivity contribution in [2.75, 3.05) is 7.11 Å². The van der Waals surface area contributed by atoms with Crippen molar-refractivity contribution in [1.29, 1.82) is 5.26 Å². The summed E-state index contributed by atoms with van der Waals surface area (Å²) in [7, 11) is 1.41. The summed E-state index contributed by atoms with van der Waals surface area (Å²) < 4.78 is 5.19. The molecule has 0 unspecified atom stereocenters. The van der Waals surface area contributed by atoms with Crippen molar-refractivity contribution in [2.24, 2.45) is 11.7 Å². The van der Waals surface area contributed by atoms with Crippen molar-refractivity contribution < 1.29 is 14.3 Å². The van der Waals surface area contributed by atoms with Crippen LogP contribution >= 0.6 is 0 Å². The summed E-state index contributed by atoms with van der Waals surface area (Å²) in [6.07, 6.45) is -0.709. The van der Waals surface area contributed by atoms with Crippen LogP contribution < -0.4 is 11.1 Å². The first kappa shape index (κ1) is 16.7. The zero-order chi connectivity index (χ0) is 15.8. The van der Waals surface area contributed by atoms with Crippen molar-refractivity contribution in [3.63, 3.8) is 0 Å². The minimum atomic E-state index is -0.904. The molecular weight excluding hydrogens is 270 g/mol. The number of carbonyl (C=O) groups is 2. The maximum atomic E-state index is 12.3. The number of primary amides is 1. The molecule has 0 radical (unpaired) electrons. The number of methoxy groups -OCH3 is 1. The van der Waals surface area contributed by atoms with Crippen molar-refractivity contribution >= 4 is 11.8 Å². The third-order valence-electron chi connectivity index (χ3n) is 3.16. The smallest absolute Gasteiger partial charge is 0.254 e.